The van der Waals surface area contributed by atoms with E-state index in [9.17, 15) is 13.2 Å². The maximum atomic E-state index is 12.5. The van der Waals surface area contributed by atoms with Crippen LogP contribution in [0.5, 0.6) is 5.75 Å². The van der Waals surface area contributed by atoms with Gasteiger partial charge in [-0.2, -0.15) is 0 Å². The molecule has 0 fully saturated rings. The number of rotatable bonds is 6. The van der Waals surface area contributed by atoms with Gasteiger partial charge in [0, 0.05) is 13.6 Å². The van der Waals surface area contributed by atoms with Crippen molar-refractivity contribution in [3.8, 4) is 5.75 Å². The number of aryl methyl sites for hydroxylation is 1. The molecule has 0 spiro atoms. The van der Waals surface area contributed by atoms with Crippen LogP contribution in [0.15, 0.2) is 74.8 Å². The van der Waals surface area contributed by atoms with Crippen molar-refractivity contribution in [1.82, 2.24) is 9.29 Å². The number of nitrogens with zero attached hydrogens (tertiary/aromatic N) is 1. The molecule has 28 heavy (non-hydrogen) atoms. The van der Waals surface area contributed by atoms with Gasteiger partial charge in [-0.15, -0.1) is 0 Å². The topological polar surface area (TPSA) is 90.5 Å². The van der Waals surface area contributed by atoms with Crippen molar-refractivity contribution in [2.75, 3.05) is 13.2 Å². The van der Waals surface area contributed by atoms with E-state index in [1.807, 2.05) is 42.5 Å². The summed E-state index contributed by atoms with van der Waals surface area (Å²) in [6.45, 7) is 0.293. The molecule has 0 saturated carbocycles. The van der Waals surface area contributed by atoms with Crippen LogP contribution in [0.2, 0.25) is 0 Å². The fourth-order valence-electron chi connectivity index (χ4n) is 2.96. The van der Waals surface area contributed by atoms with E-state index in [2.05, 4.69) is 4.72 Å². The van der Waals surface area contributed by atoms with Gasteiger partial charge in [0.05, 0.1) is 10.4 Å². The fraction of sp³-hybridized carbons (Fsp3) is 0.150. The van der Waals surface area contributed by atoms with Crippen molar-refractivity contribution in [1.29, 1.82) is 0 Å². The Balaban J connectivity index is 1.42. The summed E-state index contributed by atoms with van der Waals surface area (Å²) >= 11 is 0. The average molecular weight is 398 g/mol. The molecule has 8 heteroatoms. The van der Waals surface area contributed by atoms with Crippen molar-refractivity contribution in [2.45, 2.75) is 4.90 Å². The summed E-state index contributed by atoms with van der Waals surface area (Å²) in [5.74, 6) is 0.133. The second-order valence-electron chi connectivity index (χ2n) is 6.31. The second kappa shape index (κ2) is 7.14. The Morgan fingerprint density at radius 1 is 1.04 bits per heavy atom. The van der Waals surface area contributed by atoms with Gasteiger partial charge < -0.3 is 9.15 Å². The average Bonchev–Trinajstić information content (AvgIpc) is 2.98. The maximum Gasteiger partial charge on any atom is 0.419 e. The van der Waals surface area contributed by atoms with E-state index in [-0.39, 0.29) is 18.0 Å². The molecule has 4 rings (SSSR count). The molecule has 0 atom stereocenters. The molecule has 0 saturated heterocycles. The Morgan fingerprint density at radius 2 is 1.82 bits per heavy atom. The number of sulfonamides is 1. The quantitative estimate of drug-likeness (QED) is 0.504. The number of hydrogen-bond acceptors (Lipinski definition) is 5. The lowest BCUT2D eigenvalue weighted by molar-refractivity contribution is 0.323. The van der Waals surface area contributed by atoms with Gasteiger partial charge in [-0.05, 0) is 41.1 Å². The highest BCUT2D eigenvalue weighted by molar-refractivity contribution is 7.89. The number of ether oxygens (including phenoxy) is 1. The Kier molecular flexibility index (Phi) is 4.66. The molecule has 4 aromatic rings. The van der Waals surface area contributed by atoms with Gasteiger partial charge in [0.25, 0.3) is 0 Å². The Hall–Kier alpha value is -3.10. The summed E-state index contributed by atoms with van der Waals surface area (Å²) in [4.78, 5) is 11.6. The number of hydrogen-bond donors (Lipinski definition) is 1. The fourth-order valence-corrected chi connectivity index (χ4v) is 3.99. The minimum atomic E-state index is -3.74. The first-order valence-electron chi connectivity index (χ1n) is 8.65. The summed E-state index contributed by atoms with van der Waals surface area (Å²) in [7, 11) is -2.21. The molecule has 0 aliphatic carbocycles. The molecule has 0 radical (unpaired) electrons. The van der Waals surface area contributed by atoms with E-state index in [0.29, 0.717) is 16.8 Å². The van der Waals surface area contributed by atoms with Crippen molar-refractivity contribution >= 4 is 31.9 Å². The zero-order valence-corrected chi connectivity index (χ0v) is 15.9. The largest absolute Gasteiger partial charge is 0.492 e. The Labute approximate surface area is 161 Å². The predicted molar refractivity (Wildman–Crippen MR) is 106 cm³/mol. The van der Waals surface area contributed by atoms with E-state index in [1.165, 1.54) is 29.8 Å². The first kappa shape index (κ1) is 18.3. The highest BCUT2D eigenvalue weighted by Crippen LogP contribution is 2.21. The highest BCUT2D eigenvalue weighted by atomic mass is 32.2. The molecule has 0 amide bonds. The molecular formula is C20H18N2O5S. The molecule has 1 heterocycles. The minimum Gasteiger partial charge on any atom is -0.492 e. The summed E-state index contributed by atoms with van der Waals surface area (Å²) in [5, 5.41) is 2.17. The van der Waals surface area contributed by atoms with Crippen LogP contribution in [0.1, 0.15) is 0 Å². The van der Waals surface area contributed by atoms with Gasteiger partial charge in [-0.1, -0.05) is 30.3 Å². The zero-order valence-electron chi connectivity index (χ0n) is 15.1. The van der Waals surface area contributed by atoms with Gasteiger partial charge in [0.2, 0.25) is 10.0 Å². The van der Waals surface area contributed by atoms with E-state index in [0.717, 1.165) is 10.8 Å². The number of oxazole rings is 1. The van der Waals surface area contributed by atoms with Crippen LogP contribution in [0, 0.1) is 0 Å². The van der Waals surface area contributed by atoms with E-state index in [1.54, 1.807) is 0 Å². The molecule has 0 aliphatic rings. The molecule has 7 nitrogen and oxygen atoms in total. The number of benzene rings is 3. The van der Waals surface area contributed by atoms with Gasteiger partial charge in [0.15, 0.2) is 5.58 Å². The maximum absolute atomic E-state index is 12.5. The lowest BCUT2D eigenvalue weighted by Crippen LogP contribution is -2.28. The lowest BCUT2D eigenvalue weighted by atomic mass is 10.1. The van der Waals surface area contributed by atoms with Crippen LogP contribution in [0.25, 0.3) is 21.9 Å². The number of nitrogens with one attached hydrogen (secondary N) is 1. The summed E-state index contributed by atoms with van der Waals surface area (Å²) < 4.78 is 39.4. The van der Waals surface area contributed by atoms with Gasteiger partial charge in [-0.3, -0.25) is 4.57 Å². The van der Waals surface area contributed by atoms with Crippen LogP contribution in [-0.2, 0) is 17.1 Å². The first-order chi connectivity index (χ1) is 13.4. The molecule has 0 bridgehead atoms. The van der Waals surface area contributed by atoms with Crippen LogP contribution in [-0.4, -0.2) is 26.1 Å². The van der Waals surface area contributed by atoms with E-state index < -0.39 is 15.8 Å². The van der Waals surface area contributed by atoms with Gasteiger partial charge in [0.1, 0.15) is 12.4 Å². The third kappa shape index (κ3) is 3.51. The van der Waals surface area contributed by atoms with Crippen molar-refractivity contribution < 1.29 is 17.6 Å². The standard InChI is InChI=1S/C20H18N2O5S/c1-22-18-13-17(8-9-19(18)27-20(22)23)28(24,25)21-10-11-26-16-7-6-14-4-2-3-5-15(14)12-16/h2-9,12-13,21H,10-11H2,1H3. The highest BCUT2D eigenvalue weighted by Gasteiger charge is 2.16. The van der Waals surface area contributed by atoms with Crippen LogP contribution < -0.4 is 15.2 Å². The lowest BCUT2D eigenvalue weighted by Gasteiger charge is -2.09. The monoisotopic (exact) mass is 398 g/mol. The first-order valence-corrected chi connectivity index (χ1v) is 10.1. The summed E-state index contributed by atoms with van der Waals surface area (Å²) in [6, 6.07) is 17.9. The van der Waals surface area contributed by atoms with Gasteiger partial charge in [-0.25, -0.2) is 17.9 Å². The molecule has 0 aliphatic heterocycles. The molecule has 1 aromatic heterocycles. The minimum absolute atomic E-state index is 0.0575. The van der Waals surface area contributed by atoms with E-state index >= 15 is 0 Å². The molecule has 1 N–H and O–H groups in total. The van der Waals surface area contributed by atoms with E-state index in [4.69, 9.17) is 9.15 Å². The van der Waals surface area contributed by atoms with Crippen molar-refractivity contribution in [3.05, 3.63) is 71.2 Å². The van der Waals surface area contributed by atoms with Crippen molar-refractivity contribution in [2.24, 2.45) is 7.05 Å². The predicted octanol–water partition coefficient (Wildman–Crippen LogP) is 2.64. The third-order valence-electron chi connectivity index (χ3n) is 4.46. The van der Waals surface area contributed by atoms with Crippen LogP contribution in [0.3, 0.4) is 0 Å². The Morgan fingerprint density at radius 3 is 2.64 bits per heavy atom. The second-order valence-corrected chi connectivity index (χ2v) is 8.08. The molecular weight excluding hydrogens is 380 g/mol. The molecule has 0 unspecified atom stereocenters. The smallest absolute Gasteiger partial charge is 0.419 e. The zero-order chi connectivity index (χ0) is 19.7. The SMILES string of the molecule is Cn1c(=O)oc2ccc(S(=O)(=O)NCCOc3ccc4ccccc4c3)cc21. The summed E-state index contributed by atoms with van der Waals surface area (Å²) in [6.07, 6.45) is 0. The molecule has 144 valence electrons. The number of aromatic nitrogens is 1. The molecule has 3 aromatic carbocycles. The summed E-state index contributed by atoms with van der Waals surface area (Å²) in [5.41, 5.74) is 0.756. The van der Waals surface area contributed by atoms with Gasteiger partial charge >= 0.3 is 5.76 Å². The van der Waals surface area contributed by atoms with Crippen molar-refractivity contribution in [3.63, 3.8) is 0 Å². The normalized spacial score (nSPS) is 11.9. The third-order valence-corrected chi connectivity index (χ3v) is 5.92. The van der Waals surface area contributed by atoms with Crippen LogP contribution in [0.4, 0.5) is 0 Å². The Bertz CT molecular complexity index is 1320. The number of fused-ring (bicyclic) bond motifs is 2. The van der Waals surface area contributed by atoms with Crippen LogP contribution >= 0.6 is 0 Å².